The van der Waals surface area contributed by atoms with Crippen molar-refractivity contribution < 1.29 is 4.74 Å². The molecule has 0 bridgehead atoms. The van der Waals surface area contributed by atoms with Gasteiger partial charge in [-0.15, -0.1) is 0 Å². The summed E-state index contributed by atoms with van der Waals surface area (Å²) in [6.07, 6.45) is 5.54. The van der Waals surface area contributed by atoms with E-state index in [1.807, 2.05) is 0 Å². The van der Waals surface area contributed by atoms with Crippen molar-refractivity contribution in [2.45, 2.75) is 52.6 Å². The van der Waals surface area contributed by atoms with Gasteiger partial charge in [0.2, 0.25) is 0 Å². The largest absolute Gasteiger partial charge is 0.373 e. The molecule has 0 aromatic carbocycles. The summed E-state index contributed by atoms with van der Waals surface area (Å²) in [7, 11) is 0. The lowest BCUT2D eigenvalue weighted by atomic mass is 10.2. The number of hydrogen-bond acceptors (Lipinski definition) is 4. The highest BCUT2D eigenvalue weighted by Crippen LogP contribution is 2.26. The van der Waals surface area contributed by atoms with Crippen LogP contribution in [0.5, 0.6) is 0 Å². The Kier molecular flexibility index (Phi) is 4.93. The van der Waals surface area contributed by atoms with E-state index in [1.165, 1.54) is 17.7 Å². The fraction of sp³-hybridized carbons (Fsp3) is 0.714. The normalized spacial score (nSPS) is 13.7. The van der Waals surface area contributed by atoms with E-state index in [0.29, 0.717) is 6.61 Å². The first kappa shape index (κ1) is 13.3. The Morgan fingerprint density at radius 3 is 2.83 bits per heavy atom. The molecule has 1 N–H and O–H groups in total. The zero-order chi connectivity index (χ0) is 12.8. The molecule has 0 fully saturated rings. The van der Waals surface area contributed by atoms with Gasteiger partial charge in [-0.1, -0.05) is 13.8 Å². The van der Waals surface area contributed by atoms with Crippen LogP contribution >= 0.6 is 0 Å². The lowest BCUT2D eigenvalue weighted by Crippen LogP contribution is -2.10. The van der Waals surface area contributed by atoms with Crippen molar-refractivity contribution in [3.05, 3.63) is 17.1 Å². The van der Waals surface area contributed by atoms with Crippen molar-refractivity contribution in [1.82, 2.24) is 9.97 Å². The van der Waals surface area contributed by atoms with Gasteiger partial charge in [-0.3, -0.25) is 0 Å². The van der Waals surface area contributed by atoms with E-state index < -0.39 is 0 Å². The molecule has 1 aromatic rings. The average Bonchev–Trinajstić information content (AvgIpc) is 2.84. The zero-order valence-corrected chi connectivity index (χ0v) is 11.5. The Balaban J connectivity index is 2.11. The smallest absolute Gasteiger partial charge is 0.156 e. The second-order valence-electron chi connectivity index (χ2n) is 4.75. The van der Waals surface area contributed by atoms with Crippen molar-refractivity contribution in [3.63, 3.8) is 0 Å². The highest BCUT2D eigenvalue weighted by atomic mass is 16.5. The van der Waals surface area contributed by atoms with Gasteiger partial charge in [0.15, 0.2) is 5.82 Å². The number of fused-ring (bicyclic) bond motifs is 1. The molecule has 4 nitrogen and oxygen atoms in total. The topological polar surface area (TPSA) is 47.0 Å². The van der Waals surface area contributed by atoms with E-state index in [2.05, 4.69) is 29.1 Å². The Labute approximate surface area is 109 Å². The predicted octanol–water partition coefficient (Wildman–Crippen LogP) is 2.71. The lowest BCUT2D eigenvalue weighted by Gasteiger charge is -2.11. The molecule has 0 spiro atoms. The number of anilines is 1. The minimum Gasteiger partial charge on any atom is -0.373 e. The molecule has 0 saturated heterocycles. The van der Waals surface area contributed by atoms with Crippen LogP contribution in [0.3, 0.4) is 0 Å². The van der Waals surface area contributed by atoms with Crippen LogP contribution in [-0.2, 0) is 24.2 Å². The minimum atomic E-state index is 0.530. The Morgan fingerprint density at radius 2 is 2.06 bits per heavy atom. The first-order chi connectivity index (χ1) is 8.85. The highest BCUT2D eigenvalue weighted by molar-refractivity contribution is 5.48. The Morgan fingerprint density at radius 1 is 1.17 bits per heavy atom. The summed E-state index contributed by atoms with van der Waals surface area (Å²) in [5.74, 6) is 1.86. The molecular weight excluding hydrogens is 226 g/mol. The quantitative estimate of drug-likeness (QED) is 0.755. The summed E-state index contributed by atoms with van der Waals surface area (Å²) in [6.45, 7) is 6.55. The molecule has 0 saturated carbocycles. The zero-order valence-electron chi connectivity index (χ0n) is 11.5. The van der Waals surface area contributed by atoms with Crippen LogP contribution in [0, 0.1) is 0 Å². The first-order valence-corrected chi connectivity index (χ1v) is 7.05. The van der Waals surface area contributed by atoms with Crippen LogP contribution in [0.2, 0.25) is 0 Å². The number of hydrogen-bond donors (Lipinski definition) is 1. The SMILES string of the molecule is CCCNc1nc(COCCC)nc2c1CCC2. The van der Waals surface area contributed by atoms with Crippen molar-refractivity contribution in [1.29, 1.82) is 0 Å². The molecule has 0 unspecified atom stereocenters. The van der Waals surface area contributed by atoms with E-state index in [0.717, 1.165) is 50.5 Å². The summed E-state index contributed by atoms with van der Waals surface area (Å²) < 4.78 is 5.54. The monoisotopic (exact) mass is 249 g/mol. The molecule has 0 atom stereocenters. The highest BCUT2D eigenvalue weighted by Gasteiger charge is 2.18. The molecule has 0 amide bonds. The summed E-state index contributed by atoms with van der Waals surface area (Å²) in [6, 6.07) is 0. The molecular formula is C14H23N3O. The second-order valence-corrected chi connectivity index (χ2v) is 4.75. The van der Waals surface area contributed by atoms with Gasteiger partial charge >= 0.3 is 0 Å². The number of aromatic nitrogens is 2. The van der Waals surface area contributed by atoms with E-state index in [4.69, 9.17) is 4.74 Å². The standard InChI is InChI=1S/C14H23N3O/c1-3-8-15-14-11-6-5-7-12(11)16-13(17-14)10-18-9-4-2/h3-10H2,1-2H3,(H,15,16,17). The molecule has 1 aromatic heterocycles. The molecule has 0 aliphatic heterocycles. The van der Waals surface area contributed by atoms with E-state index >= 15 is 0 Å². The summed E-state index contributed by atoms with van der Waals surface area (Å²) in [4.78, 5) is 9.22. The third-order valence-electron chi connectivity index (χ3n) is 3.10. The van der Waals surface area contributed by atoms with Crippen LogP contribution in [0.25, 0.3) is 0 Å². The van der Waals surface area contributed by atoms with Gasteiger partial charge in [-0.2, -0.15) is 0 Å². The summed E-state index contributed by atoms with van der Waals surface area (Å²) in [5, 5.41) is 3.42. The third kappa shape index (κ3) is 3.19. The van der Waals surface area contributed by atoms with Crippen LogP contribution in [-0.4, -0.2) is 23.1 Å². The molecule has 1 heterocycles. The molecule has 1 aliphatic rings. The fourth-order valence-electron chi connectivity index (χ4n) is 2.25. The van der Waals surface area contributed by atoms with Crippen molar-refractivity contribution >= 4 is 5.82 Å². The predicted molar refractivity (Wildman–Crippen MR) is 72.8 cm³/mol. The number of nitrogens with one attached hydrogen (secondary N) is 1. The average molecular weight is 249 g/mol. The van der Waals surface area contributed by atoms with E-state index in [1.54, 1.807) is 0 Å². The van der Waals surface area contributed by atoms with Gasteiger partial charge in [0.1, 0.15) is 12.4 Å². The number of rotatable bonds is 7. The number of aryl methyl sites for hydroxylation is 1. The van der Waals surface area contributed by atoms with Crippen LogP contribution in [0.1, 0.15) is 50.2 Å². The molecule has 18 heavy (non-hydrogen) atoms. The summed E-state index contributed by atoms with van der Waals surface area (Å²) >= 11 is 0. The molecule has 100 valence electrons. The lowest BCUT2D eigenvalue weighted by molar-refractivity contribution is 0.116. The van der Waals surface area contributed by atoms with Crippen molar-refractivity contribution in [2.24, 2.45) is 0 Å². The van der Waals surface area contributed by atoms with E-state index in [-0.39, 0.29) is 0 Å². The van der Waals surface area contributed by atoms with Crippen molar-refractivity contribution in [2.75, 3.05) is 18.5 Å². The van der Waals surface area contributed by atoms with Gasteiger partial charge in [0, 0.05) is 24.4 Å². The molecule has 4 heteroatoms. The maximum absolute atomic E-state index is 5.54. The van der Waals surface area contributed by atoms with Gasteiger partial charge in [0.05, 0.1) is 0 Å². The van der Waals surface area contributed by atoms with Crippen LogP contribution in [0.15, 0.2) is 0 Å². The molecule has 0 radical (unpaired) electrons. The second kappa shape index (κ2) is 6.69. The maximum atomic E-state index is 5.54. The Bertz CT molecular complexity index is 393. The van der Waals surface area contributed by atoms with E-state index in [9.17, 15) is 0 Å². The van der Waals surface area contributed by atoms with Gasteiger partial charge in [0.25, 0.3) is 0 Å². The number of ether oxygens (including phenoxy) is 1. The minimum absolute atomic E-state index is 0.530. The molecule has 1 aliphatic carbocycles. The van der Waals surface area contributed by atoms with Gasteiger partial charge in [-0.25, -0.2) is 9.97 Å². The molecule has 2 rings (SSSR count). The number of nitrogens with zero attached hydrogens (tertiary/aromatic N) is 2. The third-order valence-corrected chi connectivity index (χ3v) is 3.10. The summed E-state index contributed by atoms with van der Waals surface area (Å²) in [5.41, 5.74) is 2.54. The van der Waals surface area contributed by atoms with Gasteiger partial charge in [-0.05, 0) is 32.1 Å². The van der Waals surface area contributed by atoms with Crippen LogP contribution in [0.4, 0.5) is 5.82 Å². The fourth-order valence-corrected chi connectivity index (χ4v) is 2.25. The first-order valence-electron chi connectivity index (χ1n) is 7.05. The van der Waals surface area contributed by atoms with Crippen molar-refractivity contribution in [3.8, 4) is 0 Å². The van der Waals surface area contributed by atoms with Gasteiger partial charge < -0.3 is 10.1 Å². The Hall–Kier alpha value is -1.16. The maximum Gasteiger partial charge on any atom is 0.156 e. The van der Waals surface area contributed by atoms with Crippen LogP contribution < -0.4 is 5.32 Å².